The predicted molar refractivity (Wildman–Crippen MR) is 140 cm³/mol. The Kier molecular flexibility index (Phi) is 6.57. The van der Waals surface area contributed by atoms with Crippen molar-refractivity contribution in [3.05, 3.63) is 52.2 Å². The van der Waals surface area contributed by atoms with E-state index in [1.54, 1.807) is 13.0 Å². The summed E-state index contributed by atoms with van der Waals surface area (Å²) in [5, 5.41) is 14.4. The molecule has 4 rings (SSSR count). The molecule has 0 unspecified atom stereocenters. The first-order chi connectivity index (χ1) is 16.7. The van der Waals surface area contributed by atoms with Crippen LogP contribution in [0.5, 0.6) is 0 Å². The van der Waals surface area contributed by atoms with Gasteiger partial charge in [0.1, 0.15) is 19.5 Å². The summed E-state index contributed by atoms with van der Waals surface area (Å²) in [5.41, 5.74) is 2.39. The fourth-order valence-electron chi connectivity index (χ4n) is 4.30. The molecule has 2 N–H and O–H groups in total. The molecule has 1 saturated carbocycles. The largest absolute Gasteiger partial charge is 0.388 e. The van der Waals surface area contributed by atoms with E-state index in [1.165, 1.54) is 22.9 Å². The van der Waals surface area contributed by atoms with Crippen molar-refractivity contribution >= 4 is 40.6 Å². The van der Waals surface area contributed by atoms with Gasteiger partial charge in [-0.2, -0.15) is 4.98 Å². The van der Waals surface area contributed by atoms with Gasteiger partial charge < -0.3 is 10.4 Å². The van der Waals surface area contributed by atoms with E-state index in [9.17, 15) is 22.7 Å². The summed E-state index contributed by atoms with van der Waals surface area (Å²) < 4.78 is 39.5. The van der Waals surface area contributed by atoms with Crippen molar-refractivity contribution in [2.24, 2.45) is 0 Å². The van der Waals surface area contributed by atoms with Crippen molar-refractivity contribution in [3.8, 4) is 11.5 Å². The van der Waals surface area contributed by atoms with Gasteiger partial charge in [-0.25, -0.2) is 17.8 Å². The van der Waals surface area contributed by atoms with Crippen LogP contribution in [0.25, 0.3) is 11.0 Å². The van der Waals surface area contributed by atoms with Crippen molar-refractivity contribution in [2.45, 2.75) is 62.4 Å². The van der Waals surface area contributed by atoms with E-state index in [1.807, 2.05) is 0 Å². The molecular weight excluding hydrogens is 499 g/mol. The first kappa shape index (κ1) is 26.0. The topological polar surface area (TPSA) is 114 Å². The molecule has 3 aromatic rings. The molecule has 2 atom stereocenters. The Morgan fingerprint density at radius 3 is 2.58 bits per heavy atom. The number of anilines is 2. The number of halogens is 1. The number of fused-ring (bicyclic) bond motifs is 1. The number of hydrogen-bond acceptors (Lipinski definition) is 7. The second-order valence-electron chi connectivity index (χ2n) is 10.5. The number of pyridine rings is 1. The molecule has 36 heavy (non-hydrogen) atoms. The van der Waals surface area contributed by atoms with E-state index in [-0.39, 0.29) is 22.1 Å². The normalized spacial score (nSPS) is 20.2. The Morgan fingerprint density at radius 1 is 1.28 bits per heavy atom. The van der Waals surface area contributed by atoms with E-state index in [2.05, 4.69) is 46.4 Å². The maximum absolute atomic E-state index is 14.6. The quantitative estimate of drug-likeness (QED) is 0.391. The average molecular weight is 529 g/mol. The van der Waals surface area contributed by atoms with Gasteiger partial charge in [-0.3, -0.25) is 9.36 Å². The summed E-state index contributed by atoms with van der Waals surface area (Å²) in [5.74, 6) is 2.29. The Hall–Kier alpha value is -3.07. The molecule has 1 aromatic carbocycles. The van der Waals surface area contributed by atoms with E-state index < -0.39 is 35.4 Å². The van der Waals surface area contributed by atoms with Crippen molar-refractivity contribution in [3.63, 3.8) is 0 Å². The predicted octanol–water partition coefficient (Wildman–Crippen LogP) is 3.78. The number of benzene rings is 1. The monoisotopic (exact) mass is 528 g/mol. The third-order valence-electron chi connectivity index (χ3n) is 6.15. The van der Waals surface area contributed by atoms with E-state index in [4.69, 9.17) is 0 Å². The molecule has 1 fully saturated rings. The molecule has 0 saturated heterocycles. The highest BCUT2D eigenvalue weighted by Crippen LogP contribution is 2.39. The molecule has 8 nitrogen and oxygen atoms in total. The lowest BCUT2D eigenvalue weighted by molar-refractivity contribution is 0.0266. The lowest BCUT2D eigenvalue weighted by Crippen LogP contribution is -2.38. The van der Waals surface area contributed by atoms with Crippen LogP contribution in [0.4, 0.5) is 16.0 Å². The minimum atomic E-state index is -3.56. The molecule has 2 heterocycles. The van der Waals surface area contributed by atoms with Crippen molar-refractivity contribution in [1.82, 2.24) is 14.5 Å². The highest BCUT2D eigenvalue weighted by Gasteiger charge is 2.39. The van der Waals surface area contributed by atoms with Gasteiger partial charge in [0, 0.05) is 17.8 Å². The van der Waals surface area contributed by atoms with Gasteiger partial charge in [0.05, 0.1) is 27.8 Å². The molecule has 1 aliphatic carbocycles. The zero-order valence-electron chi connectivity index (χ0n) is 20.9. The molecule has 11 heteroatoms. The number of rotatable bonds is 4. The fourth-order valence-corrected chi connectivity index (χ4v) is 5.44. The summed E-state index contributed by atoms with van der Waals surface area (Å²) in [7, 11) is -5.32. The SMILES string of the molecule is C[C@@]1(O)CCC[C@H]1n1c(=O)c(C#C[Si](C)(C)C)cc2cnc(Nc3ccc(S(C)(=O)=O)cc3F)nc21. The minimum absolute atomic E-state index is 0.0128. The maximum Gasteiger partial charge on any atom is 0.268 e. The average Bonchev–Trinajstić information content (AvgIpc) is 3.11. The van der Waals surface area contributed by atoms with Crippen LogP contribution < -0.4 is 10.9 Å². The molecule has 1 aliphatic rings. The number of nitrogens with one attached hydrogen (secondary N) is 1. The Balaban J connectivity index is 1.86. The van der Waals surface area contributed by atoms with Crippen molar-refractivity contribution in [2.75, 3.05) is 11.6 Å². The van der Waals surface area contributed by atoms with Crippen LogP contribution in [-0.4, -0.2) is 48.0 Å². The Bertz CT molecular complexity index is 1580. The van der Waals surface area contributed by atoms with Crippen LogP contribution in [0, 0.1) is 17.3 Å². The van der Waals surface area contributed by atoms with Crippen LogP contribution in [0.2, 0.25) is 19.6 Å². The second-order valence-corrected chi connectivity index (χ2v) is 17.3. The first-order valence-electron chi connectivity index (χ1n) is 11.6. The molecule has 0 amide bonds. The van der Waals surface area contributed by atoms with Crippen LogP contribution in [-0.2, 0) is 9.84 Å². The van der Waals surface area contributed by atoms with Gasteiger partial charge >= 0.3 is 0 Å². The summed E-state index contributed by atoms with van der Waals surface area (Å²) >= 11 is 0. The zero-order chi connectivity index (χ0) is 26.5. The Morgan fingerprint density at radius 2 is 2.00 bits per heavy atom. The van der Waals surface area contributed by atoms with Gasteiger partial charge in [0.25, 0.3) is 5.56 Å². The van der Waals surface area contributed by atoms with E-state index in [0.717, 1.165) is 18.7 Å². The number of nitrogens with zero attached hydrogens (tertiary/aromatic N) is 3. The molecule has 0 aliphatic heterocycles. The van der Waals surface area contributed by atoms with Gasteiger partial charge in [-0.1, -0.05) is 25.6 Å². The highest BCUT2D eigenvalue weighted by molar-refractivity contribution is 7.90. The van der Waals surface area contributed by atoms with Crippen LogP contribution in [0.15, 0.2) is 40.2 Å². The number of aliphatic hydroxyl groups is 1. The fraction of sp³-hybridized carbons (Fsp3) is 0.400. The summed E-state index contributed by atoms with van der Waals surface area (Å²) in [6.07, 6.45) is 4.42. The standard InChI is InChI=1S/C25H29FN4O4SSi/c1-25(32)11-6-7-21(25)30-22-17(13-16(23(30)31)10-12-36(3,4)5)15-27-24(29-22)28-20-9-8-18(14-19(20)26)35(2,33)34/h8-9,13-15,21,32H,6-7,11H2,1-5H3,(H,27,28,29)/t21-,25-/m1/s1. The van der Waals surface area contributed by atoms with Crippen LogP contribution >= 0.6 is 0 Å². The first-order valence-corrected chi connectivity index (χ1v) is 17.0. The summed E-state index contributed by atoms with van der Waals surface area (Å²) in [6.45, 7) is 7.97. The molecule has 2 aromatic heterocycles. The third kappa shape index (κ3) is 5.35. The second kappa shape index (κ2) is 9.10. The number of sulfone groups is 1. The van der Waals surface area contributed by atoms with Gasteiger partial charge in [0.2, 0.25) is 5.95 Å². The minimum Gasteiger partial charge on any atom is -0.388 e. The van der Waals surface area contributed by atoms with Gasteiger partial charge in [-0.05, 0) is 50.5 Å². The molecule has 0 radical (unpaired) electrons. The van der Waals surface area contributed by atoms with Gasteiger partial charge in [-0.15, -0.1) is 5.54 Å². The van der Waals surface area contributed by atoms with Crippen molar-refractivity contribution in [1.29, 1.82) is 0 Å². The van der Waals surface area contributed by atoms with Crippen molar-refractivity contribution < 1.29 is 17.9 Å². The number of aromatic nitrogens is 3. The lowest BCUT2D eigenvalue weighted by atomic mass is 9.99. The van der Waals surface area contributed by atoms with Crippen LogP contribution in [0.3, 0.4) is 0 Å². The van der Waals surface area contributed by atoms with E-state index in [0.29, 0.717) is 29.4 Å². The van der Waals surface area contributed by atoms with Crippen LogP contribution in [0.1, 0.15) is 37.8 Å². The third-order valence-corrected chi connectivity index (χ3v) is 8.14. The highest BCUT2D eigenvalue weighted by atomic mass is 32.2. The maximum atomic E-state index is 14.6. The Labute approximate surface area is 210 Å². The van der Waals surface area contributed by atoms with Gasteiger partial charge in [0.15, 0.2) is 9.84 Å². The molecular formula is C25H29FN4O4SSi. The summed E-state index contributed by atoms with van der Waals surface area (Å²) in [6, 6.07) is 4.65. The number of hydrogen-bond donors (Lipinski definition) is 2. The smallest absolute Gasteiger partial charge is 0.268 e. The molecule has 0 spiro atoms. The molecule has 190 valence electrons. The van der Waals surface area contributed by atoms with E-state index >= 15 is 0 Å². The summed E-state index contributed by atoms with van der Waals surface area (Å²) in [4.78, 5) is 22.2. The lowest BCUT2D eigenvalue weighted by Gasteiger charge is -2.28. The molecule has 0 bridgehead atoms. The zero-order valence-corrected chi connectivity index (χ0v) is 22.7.